The minimum Gasteiger partial charge on any atom is -0.366 e. The lowest BCUT2D eigenvalue weighted by atomic mass is 10.3. The van der Waals surface area contributed by atoms with Crippen LogP contribution in [0, 0.1) is 0 Å². The van der Waals surface area contributed by atoms with Crippen molar-refractivity contribution in [3.63, 3.8) is 0 Å². The topological polar surface area (TPSA) is 112 Å². The maximum absolute atomic E-state index is 11.3. The monoisotopic (exact) mass is 297 g/mol. The average Bonchev–Trinajstić information content (AvgIpc) is 2.68. The van der Waals surface area contributed by atoms with Crippen LogP contribution < -0.4 is 11.1 Å². The number of anilines is 1. The maximum Gasteiger partial charge on any atom is 0.271 e. The van der Waals surface area contributed by atoms with Gasteiger partial charge in [0.05, 0.1) is 0 Å². The fraction of sp³-hybridized carbons (Fsp3) is 0.125. The molecule has 3 N–H and O–H groups in total. The van der Waals surface area contributed by atoms with Crippen LogP contribution in [-0.4, -0.2) is 37.9 Å². The highest BCUT2D eigenvalue weighted by atomic mass is 79.9. The van der Waals surface area contributed by atoms with Gasteiger partial charge in [-0.05, 0) is 28.1 Å². The summed E-state index contributed by atoms with van der Waals surface area (Å²) < 4.78 is 1.78. The molecule has 0 aromatic carbocycles. The number of amides is 1. The van der Waals surface area contributed by atoms with Gasteiger partial charge in [-0.15, -0.1) is 15.3 Å². The van der Waals surface area contributed by atoms with E-state index in [2.05, 4.69) is 41.5 Å². The lowest BCUT2D eigenvalue weighted by Crippen LogP contribution is -2.20. The highest BCUT2D eigenvalue weighted by Gasteiger charge is 2.10. The fourth-order valence-electron chi connectivity index (χ4n) is 1.14. The second-order valence-corrected chi connectivity index (χ2v) is 3.72. The molecule has 88 valence electrons. The second kappa shape index (κ2) is 4.45. The Kier molecular flexibility index (Phi) is 3.00. The van der Waals surface area contributed by atoms with E-state index in [1.165, 1.54) is 17.8 Å². The van der Waals surface area contributed by atoms with Crippen LogP contribution in [0.1, 0.15) is 10.5 Å². The highest BCUT2D eigenvalue weighted by Crippen LogP contribution is 2.13. The largest absolute Gasteiger partial charge is 0.366 e. The normalized spacial score (nSPS) is 10.2. The first-order chi connectivity index (χ1) is 8.11. The smallest absolute Gasteiger partial charge is 0.271 e. The molecule has 0 aliphatic heterocycles. The number of nitrogen functional groups attached to an aromatic ring is 1. The minimum atomic E-state index is -0.304. The zero-order valence-electron chi connectivity index (χ0n) is 8.75. The van der Waals surface area contributed by atoms with Gasteiger partial charge in [-0.25, -0.2) is 0 Å². The number of nitrogens with two attached hydrogens (primary N) is 1. The van der Waals surface area contributed by atoms with E-state index in [0.717, 1.165) is 0 Å². The SMILES string of the molecule is CNC(=O)c1ccc(-n2nc(N)nc2Br)nn1. The van der Waals surface area contributed by atoms with Crippen molar-refractivity contribution < 1.29 is 4.79 Å². The molecule has 0 spiro atoms. The first-order valence-electron chi connectivity index (χ1n) is 4.56. The summed E-state index contributed by atoms with van der Waals surface area (Å²) in [5.41, 5.74) is 5.65. The van der Waals surface area contributed by atoms with Gasteiger partial charge in [0.15, 0.2) is 11.5 Å². The fourth-order valence-corrected chi connectivity index (χ4v) is 1.58. The zero-order chi connectivity index (χ0) is 12.4. The van der Waals surface area contributed by atoms with Crippen LogP contribution in [0.5, 0.6) is 0 Å². The Hall–Kier alpha value is -2.03. The molecule has 0 atom stereocenters. The van der Waals surface area contributed by atoms with Gasteiger partial charge in [-0.2, -0.15) is 9.67 Å². The molecule has 2 rings (SSSR count). The molecule has 9 heteroatoms. The zero-order valence-corrected chi connectivity index (χ0v) is 10.3. The molecule has 1 amide bonds. The first kappa shape index (κ1) is 11.5. The first-order valence-corrected chi connectivity index (χ1v) is 5.35. The number of hydrogen-bond acceptors (Lipinski definition) is 6. The number of carbonyl (C=O) groups excluding carboxylic acids is 1. The van der Waals surface area contributed by atoms with E-state index in [4.69, 9.17) is 5.73 Å². The van der Waals surface area contributed by atoms with Crippen molar-refractivity contribution in [3.8, 4) is 5.82 Å². The molecule has 8 nitrogen and oxygen atoms in total. The predicted octanol–water partition coefficient (Wildman–Crippen LogP) is -0.238. The van der Waals surface area contributed by atoms with Crippen molar-refractivity contribution in [2.75, 3.05) is 12.8 Å². The van der Waals surface area contributed by atoms with Gasteiger partial charge in [-0.3, -0.25) is 4.79 Å². The van der Waals surface area contributed by atoms with Crippen LogP contribution in [0.25, 0.3) is 5.82 Å². The van der Waals surface area contributed by atoms with Crippen molar-refractivity contribution in [2.45, 2.75) is 0 Å². The summed E-state index contributed by atoms with van der Waals surface area (Å²) in [5.74, 6) is 0.226. The Labute approximate surface area is 104 Å². The number of nitrogens with one attached hydrogen (secondary N) is 1. The van der Waals surface area contributed by atoms with E-state index in [0.29, 0.717) is 10.6 Å². The van der Waals surface area contributed by atoms with Gasteiger partial charge in [0.2, 0.25) is 10.7 Å². The number of hydrogen-bond donors (Lipinski definition) is 2. The molecule has 0 radical (unpaired) electrons. The Morgan fingerprint density at radius 3 is 2.71 bits per heavy atom. The molecule has 2 aromatic rings. The van der Waals surface area contributed by atoms with Gasteiger partial charge < -0.3 is 11.1 Å². The Bertz CT molecular complexity index is 550. The van der Waals surface area contributed by atoms with E-state index in [-0.39, 0.29) is 17.5 Å². The highest BCUT2D eigenvalue weighted by molar-refractivity contribution is 9.10. The predicted molar refractivity (Wildman–Crippen MR) is 62.5 cm³/mol. The molecule has 0 bridgehead atoms. The number of halogens is 1. The van der Waals surface area contributed by atoms with Gasteiger partial charge in [0, 0.05) is 7.05 Å². The van der Waals surface area contributed by atoms with Gasteiger partial charge in [0.1, 0.15) is 0 Å². The van der Waals surface area contributed by atoms with Gasteiger partial charge in [-0.1, -0.05) is 0 Å². The molecule has 2 heterocycles. The van der Waals surface area contributed by atoms with Crippen molar-refractivity contribution in [1.82, 2.24) is 30.3 Å². The molecular weight excluding hydrogens is 290 g/mol. The van der Waals surface area contributed by atoms with Crippen LogP contribution >= 0.6 is 15.9 Å². The average molecular weight is 298 g/mol. The quantitative estimate of drug-likeness (QED) is 0.791. The summed E-state index contributed by atoms with van der Waals surface area (Å²) in [4.78, 5) is 15.1. The lowest BCUT2D eigenvalue weighted by molar-refractivity contribution is 0.0957. The van der Waals surface area contributed by atoms with E-state index in [1.54, 1.807) is 6.07 Å². The number of carbonyl (C=O) groups is 1. The van der Waals surface area contributed by atoms with Crippen LogP contribution in [0.15, 0.2) is 16.9 Å². The summed E-state index contributed by atoms with van der Waals surface area (Å²) in [5, 5.41) is 14.0. The number of aromatic nitrogens is 5. The van der Waals surface area contributed by atoms with Crippen molar-refractivity contribution in [1.29, 1.82) is 0 Å². The van der Waals surface area contributed by atoms with Crippen LogP contribution in [-0.2, 0) is 0 Å². The van der Waals surface area contributed by atoms with E-state index < -0.39 is 0 Å². The third kappa shape index (κ3) is 2.23. The van der Waals surface area contributed by atoms with E-state index in [9.17, 15) is 4.79 Å². The van der Waals surface area contributed by atoms with Crippen LogP contribution in [0.3, 0.4) is 0 Å². The summed E-state index contributed by atoms with van der Waals surface area (Å²) in [7, 11) is 1.52. The molecule has 0 saturated carbocycles. The van der Waals surface area contributed by atoms with Crippen molar-refractivity contribution in [2.24, 2.45) is 0 Å². The summed E-state index contributed by atoms with van der Waals surface area (Å²) in [6.45, 7) is 0. The number of nitrogens with zero attached hydrogens (tertiary/aromatic N) is 5. The molecule has 0 saturated heterocycles. The second-order valence-electron chi connectivity index (χ2n) is 3.01. The third-order valence-corrected chi connectivity index (χ3v) is 2.42. The molecule has 0 unspecified atom stereocenters. The molecule has 0 aliphatic carbocycles. The molecule has 17 heavy (non-hydrogen) atoms. The number of rotatable bonds is 2. The van der Waals surface area contributed by atoms with E-state index in [1.807, 2.05) is 0 Å². The van der Waals surface area contributed by atoms with Gasteiger partial charge in [0.25, 0.3) is 5.91 Å². The Morgan fingerprint density at radius 2 is 2.24 bits per heavy atom. The molecule has 0 aliphatic rings. The summed E-state index contributed by atoms with van der Waals surface area (Å²) in [6, 6.07) is 3.13. The summed E-state index contributed by atoms with van der Waals surface area (Å²) >= 11 is 3.18. The standard InChI is InChI=1S/C8H8BrN7O/c1-11-6(17)4-2-3-5(14-13-4)16-7(9)12-8(10)15-16/h2-3H,1H3,(H2,10,15)(H,11,17). The van der Waals surface area contributed by atoms with Crippen molar-refractivity contribution in [3.05, 3.63) is 22.6 Å². The Balaban J connectivity index is 2.35. The molecular formula is C8H8BrN7O. The lowest BCUT2D eigenvalue weighted by Gasteiger charge is -2.01. The van der Waals surface area contributed by atoms with Gasteiger partial charge >= 0.3 is 0 Å². The third-order valence-electron chi connectivity index (χ3n) is 1.91. The van der Waals surface area contributed by atoms with Crippen molar-refractivity contribution >= 4 is 27.8 Å². The van der Waals surface area contributed by atoms with Crippen LogP contribution in [0.4, 0.5) is 5.95 Å². The molecule has 0 fully saturated rings. The summed E-state index contributed by atoms with van der Waals surface area (Å²) in [6.07, 6.45) is 0. The van der Waals surface area contributed by atoms with Crippen LogP contribution in [0.2, 0.25) is 0 Å². The Morgan fingerprint density at radius 1 is 1.47 bits per heavy atom. The minimum absolute atomic E-state index is 0.119. The van der Waals surface area contributed by atoms with E-state index >= 15 is 0 Å². The molecule has 2 aromatic heterocycles. The maximum atomic E-state index is 11.3.